The van der Waals surface area contributed by atoms with E-state index in [1.807, 2.05) is 44.2 Å². The summed E-state index contributed by atoms with van der Waals surface area (Å²) in [6.07, 6.45) is 4.34. The number of amides is 3. The smallest absolute Gasteiger partial charge is 0.408 e. The predicted molar refractivity (Wildman–Crippen MR) is 152 cm³/mol. The second-order valence-electron chi connectivity index (χ2n) is 11.5. The van der Waals surface area contributed by atoms with Gasteiger partial charge in [-0.25, -0.2) is 14.8 Å². The zero-order valence-corrected chi connectivity index (χ0v) is 24.2. The third kappa shape index (κ3) is 9.17. The highest BCUT2D eigenvalue weighted by Crippen LogP contribution is 2.29. The molecule has 6 N–H and O–H groups in total. The van der Waals surface area contributed by atoms with Crippen molar-refractivity contribution in [3.8, 4) is 0 Å². The summed E-state index contributed by atoms with van der Waals surface area (Å²) in [6, 6.07) is 5.96. The van der Waals surface area contributed by atoms with E-state index in [2.05, 4.69) is 25.3 Å². The van der Waals surface area contributed by atoms with Crippen LogP contribution in [-0.4, -0.2) is 71.6 Å². The van der Waals surface area contributed by atoms with E-state index in [4.69, 9.17) is 10.5 Å². The van der Waals surface area contributed by atoms with Crippen molar-refractivity contribution in [1.82, 2.24) is 30.2 Å². The predicted octanol–water partition coefficient (Wildman–Crippen LogP) is 2.64. The molecule has 3 rings (SSSR count). The Balaban J connectivity index is 2.12. The molecule has 0 spiro atoms. The standard InChI is InChI=1S/C29H41N7O5/c1-18(2)11-23(25(37)22-15-32-17-34-22)36(24(26(30)38)13-20-14-31-16-33-20)27(39)21(12-19-9-7-6-8-10-19)35-28(40)41-29(3,4)5/h6-10,14-18,21,23-25,37H,11-13H2,1-5H3,(H2,30,38)(H,31,33)(H,32,34)(H,35,40)/t21-,23?,24-,25+/m0/s1. The first kappa shape index (κ1) is 31.3. The Bertz CT molecular complexity index is 1240. The molecule has 2 heterocycles. The Morgan fingerprint density at radius 3 is 2.24 bits per heavy atom. The van der Waals surface area contributed by atoms with Crippen LogP contribution in [0.2, 0.25) is 0 Å². The van der Waals surface area contributed by atoms with E-state index in [-0.39, 0.29) is 18.8 Å². The van der Waals surface area contributed by atoms with Crippen molar-refractivity contribution in [3.63, 3.8) is 0 Å². The van der Waals surface area contributed by atoms with Crippen LogP contribution in [0.25, 0.3) is 0 Å². The fourth-order valence-corrected chi connectivity index (χ4v) is 4.68. The fourth-order valence-electron chi connectivity index (χ4n) is 4.68. The molecule has 0 radical (unpaired) electrons. The lowest BCUT2D eigenvalue weighted by molar-refractivity contribution is -0.148. The maximum absolute atomic E-state index is 14.6. The maximum atomic E-state index is 14.6. The number of ether oxygens (including phenoxy) is 1. The minimum Gasteiger partial charge on any atom is -0.444 e. The van der Waals surface area contributed by atoms with Gasteiger partial charge in [0.1, 0.15) is 23.8 Å². The van der Waals surface area contributed by atoms with E-state index < -0.39 is 47.7 Å². The van der Waals surface area contributed by atoms with E-state index in [0.717, 1.165) is 5.56 Å². The lowest BCUT2D eigenvalue weighted by atomic mass is 9.92. The lowest BCUT2D eigenvalue weighted by Gasteiger charge is -2.41. The second-order valence-corrected chi connectivity index (χ2v) is 11.5. The van der Waals surface area contributed by atoms with E-state index >= 15 is 0 Å². The molecule has 222 valence electrons. The topological polar surface area (TPSA) is 179 Å². The molecule has 41 heavy (non-hydrogen) atoms. The van der Waals surface area contributed by atoms with Gasteiger partial charge in [0.15, 0.2) is 0 Å². The number of benzene rings is 1. The molecular formula is C29H41N7O5. The Morgan fingerprint density at radius 1 is 1.05 bits per heavy atom. The molecule has 3 amide bonds. The average molecular weight is 568 g/mol. The number of nitrogens with zero attached hydrogens (tertiary/aromatic N) is 3. The number of aromatic amines is 2. The number of aliphatic hydroxyl groups excluding tert-OH is 1. The molecule has 4 atom stereocenters. The van der Waals surface area contributed by atoms with Crippen LogP contribution in [0.5, 0.6) is 0 Å². The van der Waals surface area contributed by atoms with Gasteiger partial charge in [-0.3, -0.25) is 9.59 Å². The number of nitrogens with one attached hydrogen (secondary N) is 3. The van der Waals surface area contributed by atoms with Gasteiger partial charge >= 0.3 is 6.09 Å². The molecule has 0 aliphatic carbocycles. The number of aliphatic hydroxyl groups is 1. The first-order valence-corrected chi connectivity index (χ1v) is 13.6. The molecule has 12 heteroatoms. The average Bonchev–Trinajstić information content (AvgIpc) is 3.60. The number of rotatable bonds is 13. The Labute approximate surface area is 240 Å². The zero-order chi connectivity index (χ0) is 30.2. The van der Waals surface area contributed by atoms with Gasteiger partial charge in [0.25, 0.3) is 0 Å². The summed E-state index contributed by atoms with van der Waals surface area (Å²) in [4.78, 5) is 55.8. The molecule has 0 bridgehead atoms. The van der Waals surface area contributed by atoms with Gasteiger partial charge in [-0.1, -0.05) is 44.2 Å². The van der Waals surface area contributed by atoms with Crippen molar-refractivity contribution >= 4 is 17.9 Å². The van der Waals surface area contributed by atoms with Gasteiger partial charge in [-0.2, -0.15) is 0 Å². The molecule has 0 saturated carbocycles. The molecule has 1 aromatic carbocycles. The molecular weight excluding hydrogens is 526 g/mol. The lowest BCUT2D eigenvalue weighted by Crippen LogP contribution is -2.61. The van der Waals surface area contributed by atoms with Crippen LogP contribution < -0.4 is 11.1 Å². The normalized spacial score (nSPS) is 14.6. The van der Waals surface area contributed by atoms with Crippen molar-refractivity contribution in [1.29, 1.82) is 0 Å². The Morgan fingerprint density at radius 2 is 1.71 bits per heavy atom. The van der Waals surface area contributed by atoms with Crippen LogP contribution in [0, 0.1) is 5.92 Å². The molecule has 0 fully saturated rings. The van der Waals surface area contributed by atoms with Crippen molar-refractivity contribution in [3.05, 3.63) is 72.3 Å². The van der Waals surface area contributed by atoms with Crippen LogP contribution in [0.3, 0.4) is 0 Å². The monoisotopic (exact) mass is 567 g/mol. The van der Waals surface area contributed by atoms with Crippen LogP contribution in [0.4, 0.5) is 4.79 Å². The van der Waals surface area contributed by atoms with Gasteiger partial charge in [0, 0.05) is 24.7 Å². The van der Waals surface area contributed by atoms with Crippen LogP contribution >= 0.6 is 0 Å². The Kier molecular flexibility index (Phi) is 10.6. The summed E-state index contributed by atoms with van der Waals surface area (Å²) in [6.45, 7) is 9.06. The highest BCUT2D eigenvalue weighted by molar-refractivity contribution is 5.91. The number of primary amides is 1. The highest BCUT2D eigenvalue weighted by Gasteiger charge is 2.42. The van der Waals surface area contributed by atoms with E-state index in [1.54, 1.807) is 27.0 Å². The summed E-state index contributed by atoms with van der Waals surface area (Å²) in [5.41, 5.74) is 6.85. The van der Waals surface area contributed by atoms with Crippen LogP contribution in [-0.2, 0) is 27.2 Å². The number of hydrogen-bond donors (Lipinski definition) is 5. The zero-order valence-electron chi connectivity index (χ0n) is 24.2. The molecule has 3 aromatic rings. The second kappa shape index (κ2) is 13.9. The largest absolute Gasteiger partial charge is 0.444 e. The van der Waals surface area contributed by atoms with Crippen molar-refractivity contribution in [2.75, 3.05) is 0 Å². The first-order valence-electron chi connectivity index (χ1n) is 13.6. The van der Waals surface area contributed by atoms with E-state index in [0.29, 0.717) is 17.8 Å². The third-order valence-corrected chi connectivity index (χ3v) is 6.43. The minimum atomic E-state index is -1.23. The quantitative estimate of drug-likeness (QED) is 0.211. The molecule has 1 unspecified atom stereocenters. The number of carbonyl (C=O) groups is 3. The number of alkyl carbamates (subject to hydrolysis) is 1. The molecule has 12 nitrogen and oxygen atoms in total. The van der Waals surface area contributed by atoms with Crippen LogP contribution in [0.1, 0.15) is 64.1 Å². The number of H-pyrrole nitrogens is 2. The molecule has 2 aromatic heterocycles. The fraction of sp³-hybridized carbons (Fsp3) is 0.483. The number of imidazole rings is 2. The number of hydrogen-bond acceptors (Lipinski definition) is 7. The minimum absolute atomic E-state index is 0.0138. The van der Waals surface area contributed by atoms with Gasteiger partial charge in [0.05, 0.1) is 30.6 Å². The van der Waals surface area contributed by atoms with Crippen LogP contribution in [0.15, 0.2) is 55.4 Å². The third-order valence-electron chi connectivity index (χ3n) is 6.43. The summed E-state index contributed by atoms with van der Waals surface area (Å²) < 4.78 is 5.47. The summed E-state index contributed by atoms with van der Waals surface area (Å²) in [7, 11) is 0. The molecule has 0 aliphatic rings. The number of carbonyl (C=O) groups excluding carboxylic acids is 3. The summed E-state index contributed by atoms with van der Waals surface area (Å²) in [5.74, 6) is -1.35. The summed E-state index contributed by atoms with van der Waals surface area (Å²) >= 11 is 0. The van der Waals surface area contributed by atoms with Crippen molar-refractivity contribution in [2.24, 2.45) is 11.7 Å². The van der Waals surface area contributed by atoms with Gasteiger partial charge in [-0.05, 0) is 38.7 Å². The highest BCUT2D eigenvalue weighted by atomic mass is 16.6. The Hall–Kier alpha value is -4.19. The van der Waals surface area contributed by atoms with Crippen molar-refractivity contribution in [2.45, 2.75) is 83.7 Å². The molecule has 0 saturated heterocycles. The van der Waals surface area contributed by atoms with Gasteiger partial charge in [0.2, 0.25) is 11.8 Å². The van der Waals surface area contributed by atoms with Crippen molar-refractivity contribution < 1.29 is 24.2 Å². The van der Waals surface area contributed by atoms with Gasteiger partial charge < -0.3 is 35.8 Å². The number of aromatic nitrogens is 4. The van der Waals surface area contributed by atoms with Gasteiger partial charge in [-0.15, -0.1) is 0 Å². The maximum Gasteiger partial charge on any atom is 0.408 e. The van der Waals surface area contributed by atoms with E-state index in [1.165, 1.54) is 23.8 Å². The SMILES string of the molecule is CC(C)CC([C@H](O)c1cnc[nH]1)N(C(=O)[C@H](Cc1ccccc1)NC(=O)OC(C)(C)C)[C@@H](Cc1cnc[nH]1)C(N)=O. The number of nitrogens with two attached hydrogens (primary N) is 1. The summed E-state index contributed by atoms with van der Waals surface area (Å²) in [5, 5.41) is 14.3. The molecule has 0 aliphatic heterocycles. The first-order chi connectivity index (χ1) is 19.4. The van der Waals surface area contributed by atoms with E-state index in [9.17, 15) is 19.5 Å².